The highest BCUT2D eigenvalue weighted by Crippen LogP contribution is 2.31. The van der Waals surface area contributed by atoms with Crippen molar-refractivity contribution < 1.29 is 9.94 Å². The van der Waals surface area contributed by atoms with E-state index in [0.29, 0.717) is 26.8 Å². The number of pyridine rings is 1. The van der Waals surface area contributed by atoms with E-state index in [2.05, 4.69) is 26.1 Å². The number of nitrogens with zero attached hydrogens (tertiary/aromatic N) is 2. The maximum atomic E-state index is 8.60. The lowest BCUT2D eigenvalue weighted by atomic mass is 10.3. The highest BCUT2D eigenvalue weighted by Gasteiger charge is 2.07. The summed E-state index contributed by atoms with van der Waals surface area (Å²) in [6, 6.07) is 10.1. The van der Waals surface area contributed by atoms with Crippen LogP contribution in [-0.4, -0.2) is 16.0 Å². The number of amidine groups is 1. The molecule has 98 valence electrons. The van der Waals surface area contributed by atoms with Gasteiger partial charge in [0.15, 0.2) is 5.84 Å². The number of hydrogen-bond acceptors (Lipinski definition) is 4. The molecule has 2 aromatic rings. The van der Waals surface area contributed by atoms with Crippen LogP contribution in [0.4, 0.5) is 0 Å². The Hall–Kier alpha value is -1.79. The molecule has 0 unspecified atom stereocenters. The van der Waals surface area contributed by atoms with E-state index in [0.717, 1.165) is 0 Å². The summed E-state index contributed by atoms with van der Waals surface area (Å²) in [5.74, 6) is 0.807. The first-order valence-corrected chi connectivity index (χ1v) is 6.35. The number of benzene rings is 1. The second-order valence-corrected chi connectivity index (χ2v) is 4.81. The van der Waals surface area contributed by atoms with Crippen molar-refractivity contribution in [3.8, 4) is 11.6 Å². The van der Waals surface area contributed by atoms with E-state index < -0.39 is 0 Å². The zero-order valence-electron chi connectivity index (χ0n) is 9.55. The van der Waals surface area contributed by atoms with Crippen LogP contribution in [0.2, 0.25) is 5.02 Å². The third kappa shape index (κ3) is 3.36. The summed E-state index contributed by atoms with van der Waals surface area (Å²) >= 11 is 9.18. The lowest BCUT2D eigenvalue weighted by molar-refractivity contribution is 0.318. The van der Waals surface area contributed by atoms with E-state index >= 15 is 0 Å². The number of rotatable bonds is 3. The first-order valence-electron chi connectivity index (χ1n) is 5.18. The predicted octanol–water partition coefficient (Wildman–Crippen LogP) is 3.38. The zero-order chi connectivity index (χ0) is 13.8. The van der Waals surface area contributed by atoms with Gasteiger partial charge in [0.25, 0.3) is 0 Å². The molecule has 3 N–H and O–H groups in total. The average molecular weight is 343 g/mol. The fourth-order valence-corrected chi connectivity index (χ4v) is 2.10. The third-order valence-electron chi connectivity index (χ3n) is 2.20. The van der Waals surface area contributed by atoms with E-state index in [4.69, 9.17) is 27.3 Å². The van der Waals surface area contributed by atoms with Gasteiger partial charge in [0.1, 0.15) is 11.4 Å². The molecule has 0 aliphatic heterocycles. The SMILES string of the molecule is NC(=NO)c1cccc(Oc2ccc(Cl)cc2Br)n1. The minimum absolute atomic E-state index is 0.0828. The summed E-state index contributed by atoms with van der Waals surface area (Å²) in [5, 5.41) is 12.1. The average Bonchev–Trinajstić information content (AvgIpc) is 2.41. The quantitative estimate of drug-likeness (QED) is 0.388. The predicted molar refractivity (Wildman–Crippen MR) is 76.0 cm³/mol. The molecule has 1 aromatic carbocycles. The largest absolute Gasteiger partial charge is 0.438 e. The van der Waals surface area contributed by atoms with Crippen molar-refractivity contribution in [1.29, 1.82) is 0 Å². The molecule has 7 heteroatoms. The van der Waals surface area contributed by atoms with E-state index in [1.807, 2.05) is 0 Å². The van der Waals surface area contributed by atoms with Crippen LogP contribution in [-0.2, 0) is 0 Å². The fraction of sp³-hybridized carbons (Fsp3) is 0. The molecular weight excluding hydrogens is 334 g/mol. The number of aromatic nitrogens is 1. The van der Waals surface area contributed by atoms with Gasteiger partial charge in [-0.15, -0.1) is 0 Å². The highest BCUT2D eigenvalue weighted by molar-refractivity contribution is 9.10. The Morgan fingerprint density at radius 3 is 2.84 bits per heavy atom. The van der Waals surface area contributed by atoms with Crippen LogP contribution in [0.1, 0.15) is 5.69 Å². The number of hydrogen-bond donors (Lipinski definition) is 2. The monoisotopic (exact) mass is 341 g/mol. The summed E-state index contributed by atoms with van der Waals surface area (Å²) in [4.78, 5) is 4.11. The van der Waals surface area contributed by atoms with Crippen LogP contribution in [0, 0.1) is 0 Å². The topological polar surface area (TPSA) is 80.7 Å². The van der Waals surface area contributed by atoms with Crippen LogP contribution >= 0.6 is 27.5 Å². The molecule has 0 saturated carbocycles. The van der Waals surface area contributed by atoms with Crippen LogP contribution < -0.4 is 10.5 Å². The summed E-state index contributed by atoms with van der Waals surface area (Å²) in [7, 11) is 0. The maximum absolute atomic E-state index is 8.60. The van der Waals surface area contributed by atoms with Crippen molar-refractivity contribution in [3.63, 3.8) is 0 Å². The summed E-state index contributed by atoms with van der Waals surface area (Å²) < 4.78 is 6.30. The maximum Gasteiger partial charge on any atom is 0.219 e. The van der Waals surface area contributed by atoms with Crippen molar-refractivity contribution in [3.05, 3.63) is 51.6 Å². The highest BCUT2D eigenvalue weighted by atomic mass is 79.9. The van der Waals surface area contributed by atoms with E-state index in [9.17, 15) is 0 Å². The molecule has 0 spiro atoms. The van der Waals surface area contributed by atoms with Gasteiger partial charge in [-0.25, -0.2) is 4.98 Å². The molecular formula is C12H9BrClN3O2. The summed E-state index contributed by atoms with van der Waals surface area (Å²) in [6.45, 7) is 0. The molecule has 5 nitrogen and oxygen atoms in total. The lowest BCUT2D eigenvalue weighted by Crippen LogP contribution is -2.14. The Morgan fingerprint density at radius 1 is 1.37 bits per heavy atom. The van der Waals surface area contributed by atoms with Gasteiger partial charge in [-0.1, -0.05) is 22.8 Å². The number of halogens is 2. The van der Waals surface area contributed by atoms with Crippen molar-refractivity contribution in [2.75, 3.05) is 0 Å². The molecule has 0 atom stereocenters. The van der Waals surface area contributed by atoms with Crippen LogP contribution in [0.3, 0.4) is 0 Å². The van der Waals surface area contributed by atoms with Crippen molar-refractivity contribution >= 4 is 33.4 Å². The normalized spacial score (nSPS) is 11.4. The first kappa shape index (κ1) is 13.6. The van der Waals surface area contributed by atoms with Crippen molar-refractivity contribution in [2.24, 2.45) is 10.9 Å². The Bertz CT molecular complexity index is 634. The summed E-state index contributed by atoms with van der Waals surface area (Å²) in [6.07, 6.45) is 0. The number of nitrogens with two attached hydrogens (primary N) is 1. The molecule has 0 saturated heterocycles. The molecule has 0 aliphatic carbocycles. The number of ether oxygens (including phenoxy) is 1. The third-order valence-corrected chi connectivity index (χ3v) is 3.06. The smallest absolute Gasteiger partial charge is 0.219 e. The molecule has 0 bridgehead atoms. The standard InChI is InChI=1S/C12H9BrClN3O2/c13-8-6-7(14)4-5-10(8)19-11-3-1-2-9(16-11)12(15)17-18/h1-6,18H,(H2,15,17). The zero-order valence-corrected chi connectivity index (χ0v) is 11.9. The van der Waals surface area contributed by atoms with Gasteiger partial charge in [-0.05, 0) is 40.2 Å². The Morgan fingerprint density at radius 2 is 2.16 bits per heavy atom. The first-order chi connectivity index (χ1) is 9.10. The van der Waals surface area contributed by atoms with E-state index in [1.165, 1.54) is 0 Å². The second-order valence-electron chi connectivity index (χ2n) is 3.52. The number of oxime groups is 1. The lowest BCUT2D eigenvalue weighted by Gasteiger charge is -2.08. The molecule has 0 fully saturated rings. The molecule has 1 aromatic heterocycles. The molecule has 1 heterocycles. The minimum atomic E-state index is -0.0828. The van der Waals surface area contributed by atoms with Crippen LogP contribution in [0.15, 0.2) is 46.0 Å². The minimum Gasteiger partial charge on any atom is -0.438 e. The van der Waals surface area contributed by atoms with Gasteiger partial charge in [-0.3, -0.25) is 0 Å². The van der Waals surface area contributed by atoms with Crippen LogP contribution in [0.25, 0.3) is 0 Å². The Kier molecular flexibility index (Phi) is 4.24. The Labute approximate surface area is 122 Å². The van der Waals surface area contributed by atoms with Gasteiger partial charge in [0, 0.05) is 11.1 Å². The molecule has 0 radical (unpaired) electrons. The molecule has 0 amide bonds. The van der Waals surface area contributed by atoms with Crippen LogP contribution in [0.5, 0.6) is 11.6 Å². The van der Waals surface area contributed by atoms with Gasteiger partial charge < -0.3 is 15.7 Å². The Balaban J connectivity index is 2.28. The molecule has 19 heavy (non-hydrogen) atoms. The van der Waals surface area contributed by atoms with E-state index in [-0.39, 0.29) is 5.84 Å². The van der Waals surface area contributed by atoms with Crippen molar-refractivity contribution in [2.45, 2.75) is 0 Å². The van der Waals surface area contributed by atoms with Crippen molar-refractivity contribution in [1.82, 2.24) is 4.98 Å². The van der Waals surface area contributed by atoms with Gasteiger partial charge >= 0.3 is 0 Å². The van der Waals surface area contributed by atoms with E-state index in [1.54, 1.807) is 36.4 Å². The summed E-state index contributed by atoms with van der Waals surface area (Å²) in [5.41, 5.74) is 5.79. The molecule has 0 aliphatic rings. The fourth-order valence-electron chi connectivity index (χ4n) is 1.34. The second kappa shape index (κ2) is 5.90. The van der Waals surface area contributed by atoms with Gasteiger partial charge in [0.05, 0.1) is 4.47 Å². The van der Waals surface area contributed by atoms with Gasteiger partial charge in [0.2, 0.25) is 5.88 Å². The molecule has 2 rings (SSSR count). The van der Waals surface area contributed by atoms with Gasteiger partial charge in [-0.2, -0.15) is 0 Å².